The van der Waals surface area contributed by atoms with E-state index >= 15 is 0 Å². The van der Waals surface area contributed by atoms with E-state index in [1.807, 2.05) is 6.92 Å². The SMILES string of the molecule is CCn1cc(Oc2ccc(C(=N)N)c(Br)c2F)cn1. The molecule has 0 atom stereocenters. The van der Waals surface area contributed by atoms with E-state index in [2.05, 4.69) is 21.0 Å². The summed E-state index contributed by atoms with van der Waals surface area (Å²) in [6.07, 6.45) is 3.18. The smallest absolute Gasteiger partial charge is 0.180 e. The normalized spacial score (nSPS) is 10.5. The van der Waals surface area contributed by atoms with Crippen LogP contribution >= 0.6 is 15.9 Å². The number of ether oxygens (including phenoxy) is 1. The second kappa shape index (κ2) is 5.40. The van der Waals surface area contributed by atoms with Crippen LogP contribution in [0.25, 0.3) is 0 Å². The van der Waals surface area contributed by atoms with E-state index in [1.54, 1.807) is 10.9 Å². The minimum absolute atomic E-state index is 0.0486. The quantitative estimate of drug-likeness (QED) is 0.670. The summed E-state index contributed by atoms with van der Waals surface area (Å²) in [7, 11) is 0. The molecular formula is C12H12BrFN4O. The van der Waals surface area contributed by atoms with Crippen molar-refractivity contribution >= 4 is 21.8 Å². The van der Waals surface area contributed by atoms with Gasteiger partial charge in [-0.1, -0.05) is 0 Å². The Morgan fingerprint density at radius 2 is 2.32 bits per heavy atom. The summed E-state index contributed by atoms with van der Waals surface area (Å²) < 4.78 is 21.2. The van der Waals surface area contributed by atoms with Gasteiger partial charge in [0.05, 0.1) is 16.9 Å². The Morgan fingerprint density at radius 1 is 1.58 bits per heavy atom. The fourth-order valence-corrected chi connectivity index (χ4v) is 2.06. The van der Waals surface area contributed by atoms with Crippen LogP contribution < -0.4 is 10.5 Å². The molecule has 100 valence electrons. The molecule has 1 heterocycles. The number of hydrogen-bond acceptors (Lipinski definition) is 3. The van der Waals surface area contributed by atoms with Crippen LogP contribution in [0.3, 0.4) is 0 Å². The molecular weight excluding hydrogens is 315 g/mol. The first-order valence-corrected chi connectivity index (χ1v) is 6.35. The van der Waals surface area contributed by atoms with Gasteiger partial charge in [-0.15, -0.1) is 0 Å². The van der Waals surface area contributed by atoms with Crippen molar-refractivity contribution in [2.24, 2.45) is 5.73 Å². The Hall–Kier alpha value is -1.89. The molecule has 0 aliphatic carbocycles. The van der Waals surface area contributed by atoms with Gasteiger partial charge in [0, 0.05) is 12.1 Å². The maximum Gasteiger partial charge on any atom is 0.180 e. The van der Waals surface area contributed by atoms with Crippen molar-refractivity contribution in [3.63, 3.8) is 0 Å². The molecule has 0 unspecified atom stereocenters. The molecule has 2 aromatic rings. The van der Waals surface area contributed by atoms with Crippen LogP contribution in [0.4, 0.5) is 4.39 Å². The molecule has 2 rings (SSSR count). The van der Waals surface area contributed by atoms with Crippen molar-refractivity contribution in [1.82, 2.24) is 9.78 Å². The summed E-state index contributed by atoms with van der Waals surface area (Å²) >= 11 is 3.07. The van der Waals surface area contributed by atoms with E-state index in [0.717, 1.165) is 0 Å². The predicted molar refractivity (Wildman–Crippen MR) is 73.1 cm³/mol. The Kier molecular flexibility index (Phi) is 3.84. The van der Waals surface area contributed by atoms with Gasteiger partial charge in [-0.25, -0.2) is 4.39 Å². The maximum absolute atomic E-state index is 14.0. The highest BCUT2D eigenvalue weighted by atomic mass is 79.9. The number of aryl methyl sites for hydroxylation is 1. The Balaban J connectivity index is 2.31. The van der Waals surface area contributed by atoms with E-state index in [-0.39, 0.29) is 21.6 Å². The number of amidine groups is 1. The third-order valence-corrected chi connectivity index (χ3v) is 3.27. The lowest BCUT2D eigenvalue weighted by Gasteiger charge is -2.08. The molecule has 0 saturated carbocycles. The van der Waals surface area contributed by atoms with Crippen molar-refractivity contribution in [1.29, 1.82) is 5.41 Å². The van der Waals surface area contributed by atoms with Gasteiger partial charge in [-0.05, 0) is 35.0 Å². The average molecular weight is 327 g/mol. The number of benzene rings is 1. The van der Waals surface area contributed by atoms with Crippen molar-refractivity contribution in [2.75, 3.05) is 0 Å². The van der Waals surface area contributed by atoms with Gasteiger partial charge in [-0.2, -0.15) is 5.10 Å². The molecule has 0 saturated heterocycles. The fourth-order valence-electron chi connectivity index (χ4n) is 1.52. The first-order chi connectivity index (χ1) is 9.02. The third kappa shape index (κ3) is 2.76. The van der Waals surface area contributed by atoms with Gasteiger partial charge < -0.3 is 10.5 Å². The molecule has 0 aliphatic rings. The molecule has 1 aromatic carbocycles. The Morgan fingerprint density at radius 3 is 2.89 bits per heavy atom. The lowest BCUT2D eigenvalue weighted by atomic mass is 10.2. The zero-order valence-electron chi connectivity index (χ0n) is 10.2. The summed E-state index contributed by atoms with van der Waals surface area (Å²) in [6.45, 7) is 2.65. The van der Waals surface area contributed by atoms with Crippen LogP contribution in [-0.2, 0) is 6.54 Å². The number of hydrogen-bond donors (Lipinski definition) is 2. The van der Waals surface area contributed by atoms with Gasteiger partial charge in [0.15, 0.2) is 17.3 Å². The van der Waals surface area contributed by atoms with Crippen molar-refractivity contribution in [2.45, 2.75) is 13.5 Å². The van der Waals surface area contributed by atoms with E-state index in [9.17, 15) is 4.39 Å². The van der Waals surface area contributed by atoms with Crippen LogP contribution in [0.1, 0.15) is 12.5 Å². The number of nitrogens with two attached hydrogens (primary N) is 1. The molecule has 0 radical (unpaired) electrons. The monoisotopic (exact) mass is 326 g/mol. The zero-order chi connectivity index (χ0) is 14.0. The molecule has 0 fully saturated rings. The van der Waals surface area contributed by atoms with Gasteiger partial charge in [0.1, 0.15) is 5.84 Å². The number of aromatic nitrogens is 2. The molecule has 7 heteroatoms. The lowest BCUT2D eigenvalue weighted by Crippen LogP contribution is -2.12. The second-order valence-corrected chi connectivity index (χ2v) is 4.58. The number of rotatable bonds is 4. The molecule has 0 aliphatic heterocycles. The lowest BCUT2D eigenvalue weighted by molar-refractivity contribution is 0.439. The molecule has 3 N–H and O–H groups in total. The Labute approximate surface area is 117 Å². The summed E-state index contributed by atoms with van der Waals surface area (Å²) in [5, 5.41) is 11.4. The first kappa shape index (κ1) is 13.5. The topological polar surface area (TPSA) is 76.9 Å². The summed E-state index contributed by atoms with van der Waals surface area (Å²) in [5.74, 6) is -0.316. The average Bonchev–Trinajstić information content (AvgIpc) is 2.82. The number of nitrogens with zero attached hydrogens (tertiary/aromatic N) is 2. The van der Waals surface area contributed by atoms with Gasteiger partial charge in [0.25, 0.3) is 0 Å². The van der Waals surface area contributed by atoms with Crippen molar-refractivity contribution in [3.05, 3.63) is 40.4 Å². The Bertz CT molecular complexity index is 626. The van der Waals surface area contributed by atoms with Crippen LogP contribution in [0.15, 0.2) is 29.0 Å². The predicted octanol–water partition coefficient (Wildman–Crippen LogP) is 2.88. The fraction of sp³-hybridized carbons (Fsp3) is 0.167. The number of nitrogens with one attached hydrogen (secondary N) is 1. The van der Waals surface area contributed by atoms with E-state index < -0.39 is 5.82 Å². The highest BCUT2D eigenvalue weighted by molar-refractivity contribution is 9.10. The second-order valence-electron chi connectivity index (χ2n) is 3.79. The van der Waals surface area contributed by atoms with E-state index in [4.69, 9.17) is 15.9 Å². The van der Waals surface area contributed by atoms with E-state index in [1.165, 1.54) is 18.3 Å². The summed E-state index contributed by atoms with van der Waals surface area (Å²) in [5.41, 5.74) is 5.63. The van der Waals surface area contributed by atoms with Crippen LogP contribution in [0.2, 0.25) is 0 Å². The van der Waals surface area contributed by atoms with E-state index in [0.29, 0.717) is 12.3 Å². The third-order valence-electron chi connectivity index (χ3n) is 2.50. The minimum atomic E-state index is -0.600. The van der Waals surface area contributed by atoms with Crippen LogP contribution in [0, 0.1) is 11.2 Å². The van der Waals surface area contributed by atoms with Gasteiger partial charge in [0.2, 0.25) is 0 Å². The highest BCUT2D eigenvalue weighted by Gasteiger charge is 2.15. The maximum atomic E-state index is 14.0. The number of halogens is 2. The summed E-state index contributed by atoms with van der Waals surface area (Å²) in [6, 6.07) is 2.95. The molecule has 0 amide bonds. The zero-order valence-corrected chi connectivity index (χ0v) is 11.7. The number of nitrogen functional groups attached to an aromatic ring is 1. The largest absolute Gasteiger partial charge is 0.451 e. The molecule has 0 spiro atoms. The van der Waals surface area contributed by atoms with Crippen molar-refractivity contribution < 1.29 is 9.13 Å². The summed E-state index contributed by atoms with van der Waals surface area (Å²) in [4.78, 5) is 0. The van der Waals surface area contributed by atoms with Crippen molar-refractivity contribution in [3.8, 4) is 11.5 Å². The minimum Gasteiger partial charge on any atom is -0.451 e. The van der Waals surface area contributed by atoms with Crippen LogP contribution in [-0.4, -0.2) is 15.6 Å². The molecule has 0 bridgehead atoms. The first-order valence-electron chi connectivity index (χ1n) is 5.55. The molecule has 1 aromatic heterocycles. The van der Waals surface area contributed by atoms with Gasteiger partial charge >= 0.3 is 0 Å². The van der Waals surface area contributed by atoms with Crippen LogP contribution in [0.5, 0.6) is 11.5 Å². The van der Waals surface area contributed by atoms with Gasteiger partial charge in [-0.3, -0.25) is 10.1 Å². The standard InChI is InChI=1S/C12H12BrFN4O/c1-2-18-6-7(5-17-18)19-9-4-3-8(12(15)16)10(13)11(9)14/h3-6H,2H2,1H3,(H3,15,16). The highest BCUT2D eigenvalue weighted by Crippen LogP contribution is 2.31. The molecule has 5 nitrogen and oxygen atoms in total. The molecule has 19 heavy (non-hydrogen) atoms.